The van der Waals surface area contributed by atoms with Crippen LogP contribution in [0.5, 0.6) is 11.5 Å². The quantitative estimate of drug-likeness (QED) is 0.609. The zero-order valence-electron chi connectivity index (χ0n) is 11.2. The Kier molecular flexibility index (Phi) is 4.41. The van der Waals surface area contributed by atoms with Gasteiger partial charge in [-0.05, 0) is 12.5 Å². The van der Waals surface area contributed by atoms with E-state index in [-0.39, 0.29) is 18.0 Å². The van der Waals surface area contributed by atoms with Crippen molar-refractivity contribution >= 4 is 5.69 Å². The second kappa shape index (κ2) is 6.06. The molecule has 7 heteroatoms. The predicted octanol–water partition coefficient (Wildman–Crippen LogP) is 1.87. The molecule has 0 amide bonds. The molecular weight excluding hydrogens is 264 g/mol. The van der Waals surface area contributed by atoms with E-state index in [1.54, 1.807) is 0 Å². The first-order valence-corrected chi connectivity index (χ1v) is 6.56. The summed E-state index contributed by atoms with van der Waals surface area (Å²) in [6.45, 7) is 2.03. The van der Waals surface area contributed by atoms with Crippen molar-refractivity contribution < 1.29 is 19.5 Å². The lowest BCUT2D eigenvalue weighted by molar-refractivity contribution is -0.385. The molecule has 0 spiro atoms. The standard InChI is InChI=1S/C13H18N2O5/c1-2-3-4-10(16)13(14)8-5-11-12(20-7-19-11)6-9(8)15(17)18/h5-6,10,13,16H,2-4,7,14H2,1H3/t10-,13+/m1/s1. The van der Waals surface area contributed by atoms with Crippen LogP contribution in [-0.4, -0.2) is 22.9 Å². The van der Waals surface area contributed by atoms with Gasteiger partial charge in [0.2, 0.25) is 6.79 Å². The zero-order chi connectivity index (χ0) is 14.7. The van der Waals surface area contributed by atoms with Crippen molar-refractivity contribution in [1.29, 1.82) is 0 Å². The lowest BCUT2D eigenvalue weighted by Crippen LogP contribution is -2.26. The molecule has 1 aromatic rings. The van der Waals surface area contributed by atoms with Crippen molar-refractivity contribution in [2.45, 2.75) is 38.3 Å². The van der Waals surface area contributed by atoms with Gasteiger partial charge in [-0.25, -0.2) is 0 Å². The Hall–Kier alpha value is -1.86. The van der Waals surface area contributed by atoms with E-state index in [0.717, 1.165) is 12.8 Å². The highest BCUT2D eigenvalue weighted by atomic mass is 16.7. The largest absolute Gasteiger partial charge is 0.454 e. The minimum Gasteiger partial charge on any atom is -0.454 e. The van der Waals surface area contributed by atoms with E-state index in [9.17, 15) is 15.2 Å². The highest BCUT2D eigenvalue weighted by Crippen LogP contribution is 2.40. The number of ether oxygens (including phenoxy) is 2. The highest BCUT2D eigenvalue weighted by molar-refractivity contribution is 5.56. The van der Waals surface area contributed by atoms with Gasteiger partial charge in [0.1, 0.15) is 0 Å². The van der Waals surface area contributed by atoms with Crippen LogP contribution < -0.4 is 15.2 Å². The van der Waals surface area contributed by atoms with Crippen molar-refractivity contribution in [3.8, 4) is 11.5 Å². The molecule has 1 aliphatic rings. The molecule has 0 bridgehead atoms. The average molecular weight is 282 g/mol. The minimum absolute atomic E-state index is 0.0313. The lowest BCUT2D eigenvalue weighted by Gasteiger charge is -2.19. The fourth-order valence-corrected chi connectivity index (χ4v) is 2.17. The molecule has 7 nitrogen and oxygen atoms in total. The number of hydrogen-bond donors (Lipinski definition) is 2. The monoisotopic (exact) mass is 282 g/mol. The molecule has 0 aromatic heterocycles. The average Bonchev–Trinajstić information content (AvgIpc) is 2.89. The van der Waals surface area contributed by atoms with Gasteiger partial charge < -0.3 is 20.3 Å². The van der Waals surface area contributed by atoms with E-state index in [1.807, 2.05) is 6.92 Å². The SMILES string of the molecule is CCCC[C@@H](O)[C@@H](N)c1cc2c(cc1[N+](=O)[O-])OCO2. The van der Waals surface area contributed by atoms with Crippen molar-refractivity contribution in [3.05, 3.63) is 27.8 Å². The summed E-state index contributed by atoms with van der Waals surface area (Å²) in [7, 11) is 0. The molecule has 20 heavy (non-hydrogen) atoms. The molecule has 110 valence electrons. The minimum atomic E-state index is -0.825. The summed E-state index contributed by atoms with van der Waals surface area (Å²) in [4.78, 5) is 10.6. The van der Waals surface area contributed by atoms with Crippen LogP contribution >= 0.6 is 0 Å². The molecule has 2 rings (SSSR count). The predicted molar refractivity (Wildman–Crippen MR) is 71.7 cm³/mol. The lowest BCUT2D eigenvalue weighted by atomic mass is 9.96. The fraction of sp³-hybridized carbons (Fsp3) is 0.538. The van der Waals surface area contributed by atoms with Gasteiger partial charge in [-0.3, -0.25) is 10.1 Å². The summed E-state index contributed by atoms with van der Waals surface area (Å²) in [5.41, 5.74) is 6.07. The maximum atomic E-state index is 11.1. The third kappa shape index (κ3) is 2.83. The molecule has 0 saturated heterocycles. The first kappa shape index (κ1) is 14.5. The normalized spacial score (nSPS) is 15.9. The molecule has 1 aliphatic heterocycles. The van der Waals surface area contributed by atoms with E-state index in [0.29, 0.717) is 17.9 Å². The van der Waals surface area contributed by atoms with Gasteiger partial charge in [0, 0.05) is 0 Å². The van der Waals surface area contributed by atoms with Gasteiger partial charge in [-0.2, -0.15) is 0 Å². The van der Waals surface area contributed by atoms with Crippen molar-refractivity contribution in [1.82, 2.24) is 0 Å². The van der Waals surface area contributed by atoms with Gasteiger partial charge in [0.15, 0.2) is 11.5 Å². The fourth-order valence-electron chi connectivity index (χ4n) is 2.17. The second-order valence-corrected chi connectivity index (χ2v) is 4.76. The molecule has 2 atom stereocenters. The second-order valence-electron chi connectivity index (χ2n) is 4.76. The smallest absolute Gasteiger partial charge is 0.278 e. The number of nitro groups is 1. The Morgan fingerprint density at radius 3 is 2.70 bits per heavy atom. The van der Waals surface area contributed by atoms with Crippen LogP contribution in [0.4, 0.5) is 5.69 Å². The molecule has 0 radical (unpaired) electrons. The number of nitrogens with zero attached hydrogens (tertiary/aromatic N) is 1. The van der Waals surface area contributed by atoms with Crippen LogP contribution in [0.1, 0.15) is 37.8 Å². The van der Waals surface area contributed by atoms with Gasteiger partial charge in [-0.1, -0.05) is 19.8 Å². The van der Waals surface area contributed by atoms with Gasteiger partial charge in [0.05, 0.1) is 28.7 Å². The van der Waals surface area contributed by atoms with Crippen molar-refractivity contribution in [3.63, 3.8) is 0 Å². The molecule has 3 N–H and O–H groups in total. The molecule has 1 aromatic carbocycles. The number of fused-ring (bicyclic) bond motifs is 1. The highest BCUT2D eigenvalue weighted by Gasteiger charge is 2.29. The summed E-state index contributed by atoms with van der Waals surface area (Å²) >= 11 is 0. The Balaban J connectivity index is 2.31. The van der Waals surface area contributed by atoms with E-state index >= 15 is 0 Å². The Bertz CT molecular complexity index is 506. The maximum absolute atomic E-state index is 11.1. The molecule has 0 unspecified atom stereocenters. The number of unbranched alkanes of at least 4 members (excludes halogenated alkanes) is 1. The van der Waals surface area contributed by atoms with Crippen LogP contribution in [-0.2, 0) is 0 Å². The molecule has 0 aliphatic carbocycles. The van der Waals surface area contributed by atoms with Crippen LogP contribution in [0, 0.1) is 10.1 Å². The summed E-state index contributed by atoms with van der Waals surface area (Å²) < 4.78 is 10.3. The molecule has 0 saturated carbocycles. The van der Waals surface area contributed by atoms with Gasteiger partial charge >= 0.3 is 0 Å². The van der Waals surface area contributed by atoms with Crippen LogP contribution in [0.25, 0.3) is 0 Å². The first-order chi connectivity index (χ1) is 9.54. The molecule has 0 fully saturated rings. The van der Waals surface area contributed by atoms with Crippen molar-refractivity contribution in [2.75, 3.05) is 6.79 Å². The van der Waals surface area contributed by atoms with Crippen molar-refractivity contribution in [2.24, 2.45) is 5.73 Å². The number of rotatable bonds is 6. The van der Waals surface area contributed by atoms with Crippen LogP contribution in [0.2, 0.25) is 0 Å². The van der Waals surface area contributed by atoms with Crippen LogP contribution in [0.3, 0.4) is 0 Å². The maximum Gasteiger partial charge on any atom is 0.278 e. The molecule has 1 heterocycles. The number of aliphatic hydroxyl groups is 1. The van der Waals surface area contributed by atoms with E-state index < -0.39 is 17.1 Å². The van der Waals surface area contributed by atoms with E-state index in [1.165, 1.54) is 12.1 Å². The van der Waals surface area contributed by atoms with Crippen LogP contribution in [0.15, 0.2) is 12.1 Å². The topological polar surface area (TPSA) is 108 Å². The number of nitro benzene ring substituents is 1. The Morgan fingerprint density at radius 1 is 1.45 bits per heavy atom. The first-order valence-electron chi connectivity index (χ1n) is 6.56. The summed E-state index contributed by atoms with van der Waals surface area (Å²) in [5, 5.41) is 21.2. The van der Waals surface area contributed by atoms with Gasteiger partial charge in [0.25, 0.3) is 5.69 Å². The number of hydrogen-bond acceptors (Lipinski definition) is 6. The van der Waals surface area contributed by atoms with Gasteiger partial charge in [-0.15, -0.1) is 0 Å². The summed E-state index contributed by atoms with van der Waals surface area (Å²) in [6, 6.07) is 1.96. The third-order valence-corrected chi connectivity index (χ3v) is 3.35. The zero-order valence-corrected chi connectivity index (χ0v) is 11.2. The summed E-state index contributed by atoms with van der Waals surface area (Å²) in [6.07, 6.45) is 1.41. The third-order valence-electron chi connectivity index (χ3n) is 3.35. The number of benzene rings is 1. The Morgan fingerprint density at radius 2 is 2.10 bits per heavy atom. The number of nitrogens with two attached hydrogens (primary N) is 1. The summed E-state index contributed by atoms with van der Waals surface area (Å²) in [5.74, 6) is 0.749. The Labute approximate surface area is 116 Å². The van der Waals surface area contributed by atoms with E-state index in [4.69, 9.17) is 15.2 Å². The van der Waals surface area contributed by atoms with E-state index in [2.05, 4.69) is 0 Å². The number of aliphatic hydroxyl groups excluding tert-OH is 1. The molecular formula is C13H18N2O5.